The molecule has 0 aliphatic rings. The molecule has 1 atom stereocenters. The zero-order valence-electron chi connectivity index (χ0n) is 19.3. The first kappa shape index (κ1) is 23.7. The highest BCUT2D eigenvalue weighted by molar-refractivity contribution is 5.86. The average molecular weight is 471 g/mol. The number of benzene rings is 3. The summed E-state index contributed by atoms with van der Waals surface area (Å²) in [6, 6.07) is 24.9. The fourth-order valence-electron chi connectivity index (χ4n) is 3.74. The Morgan fingerprint density at radius 3 is 2.29 bits per heavy atom. The van der Waals surface area contributed by atoms with Crippen molar-refractivity contribution in [2.24, 2.45) is 0 Å². The zero-order valence-corrected chi connectivity index (χ0v) is 19.3. The van der Waals surface area contributed by atoms with Crippen molar-refractivity contribution in [2.45, 2.75) is 25.6 Å². The Bertz CT molecular complexity index is 1360. The van der Waals surface area contributed by atoms with Gasteiger partial charge in [-0.1, -0.05) is 72.8 Å². The van der Waals surface area contributed by atoms with Gasteiger partial charge in [-0.2, -0.15) is 0 Å². The number of aromatic amines is 1. The van der Waals surface area contributed by atoms with Gasteiger partial charge in [-0.25, -0.2) is 9.78 Å². The van der Waals surface area contributed by atoms with E-state index in [4.69, 9.17) is 4.74 Å². The minimum Gasteiger partial charge on any atom is -0.445 e. The van der Waals surface area contributed by atoms with Crippen LogP contribution in [-0.4, -0.2) is 40.0 Å². The molecule has 2 amide bonds. The van der Waals surface area contributed by atoms with Crippen LogP contribution in [0.15, 0.2) is 89.7 Å². The summed E-state index contributed by atoms with van der Waals surface area (Å²) < 4.78 is 5.33. The van der Waals surface area contributed by atoms with E-state index in [9.17, 15) is 14.4 Å². The number of likely N-dealkylation sites (N-methyl/N-ethyl adjacent to an activating group) is 1. The third-order valence-corrected chi connectivity index (χ3v) is 5.51. The van der Waals surface area contributed by atoms with Gasteiger partial charge >= 0.3 is 6.09 Å². The van der Waals surface area contributed by atoms with Crippen LogP contribution in [-0.2, 0) is 29.1 Å². The Labute approximate surface area is 202 Å². The predicted octanol–water partition coefficient (Wildman–Crippen LogP) is 3.42. The van der Waals surface area contributed by atoms with Crippen LogP contribution in [0.1, 0.15) is 17.0 Å². The molecule has 35 heavy (non-hydrogen) atoms. The van der Waals surface area contributed by atoms with Gasteiger partial charge < -0.3 is 19.9 Å². The largest absolute Gasteiger partial charge is 0.445 e. The van der Waals surface area contributed by atoms with Gasteiger partial charge in [0.2, 0.25) is 5.91 Å². The SMILES string of the molecule is CN(Cc1nc2ccccc2c(=O)[nH]1)C(=O)C(Cc1ccccc1)NC(=O)OCc1ccccc1. The van der Waals surface area contributed by atoms with Crippen LogP contribution in [0.25, 0.3) is 10.9 Å². The number of amides is 2. The number of hydrogen-bond acceptors (Lipinski definition) is 5. The molecule has 1 aromatic heterocycles. The van der Waals surface area contributed by atoms with Crippen LogP contribution in [0.5, 0.6) is 0 Å². The number of aromatic nitrogens is 2. The lowest BCUT2D eigenvalue weighted by Crippen LogP contribution is -2.48. The van der Waals surface area contributed by atoms with Gasteiger partial charge in [-0.05, 0) is 23.3 Å². The Morgan fingerprint density at radius 2 is 1.57 bits per heavy atom. The minimum absolute atomic E-state index is 0.0743. The normalized spacial score (nSPS) is 11.6. The molecule has 0 saturated heterocycles. The van der Waals surface area contributed by atoms with Crippen LogP contribution in [0.3, 0.4) is 0 Å². The summed E-state index contributed by atoms with van der Waals surface area (Å²) >= 11 is 0. The number of hydrogen-bond donors (Lipinski definition) is 2. The molecule has 2 N–H and O–H groups in total. The van der Waals surface area contributed by atoms with Gasteiger partial charge in [-0.15, -0.1) is 0 Å². The van der Waals surface area contributed by atoms with Crippen molar-refractivity contribution < 1.29 is 14.3 Å². The Hall–Kier alpha value is -4.46. The van der Waals surface area contributed by atoms with Gasteiger partial charge in [-0.3, -0.25) is 9.59 Å². The predicted molar refractivity (Wildman–Crippen MR) is 133 cm³/mol. The summed E-state index contributed by atoms with van der Waals surface area (Å²) in [4.78, 5) is 46.9. The van der Waals surface area contributed by atoms with Crippen molar-refractivity contribution in [3.63, 3.8) is 0 Å². The lowest BCUT2D eigenvalue weighted by molar-refractivity contribution is -0.132. The van der Waals surface area contributed by atoms with Crippen LogP contribution in [0.2, 0.25) is 0 Å². The van der Waals surface area contributed by atoms with Crippen molar-refractivity contribution in [3.8, 4) is 0 Å². The molecule has 8 heteroatoms. The molecule has 0 saturated carbocycles. The van der Waals surface area contributed by atoms with E-state index in [0.717, 1.165) is 11.1 Å². The topological polar surface area (TPSA) is 104 Å². The van der Waals surface area contributed by atoms with Crippen molar-refractivity contribution in [2.75, 3.05) is 7.05 Å². The number of carbonyl (C=O) groups is 2. The van der Waals surface area contributed by atoms with Gasteiger partial charge in [0.05, 0.1) is 17.4 Å². The summed E-state index contributed by atoms with van der Waals surface area (Å²) in [6.07, 6.45) is -0.402. The number of ether oxygens (including phenoxy) is 1. The van der Waals surface area contributed by atoms with E-state index in [-0.39, 0.29) is 31.0 Å². The molecule has 0 fully saturated rings. The van der Waals surface area contributed by atoms with E-state index in [1.807, 2.05) is 60.7 Å². The summed E-state index contributed by atoms with van der Waals surface area (Å²) in [6.45, 7) is 0.169. The number of alkyl carbamates (subject to hydrolysis) is 1. The molecule has 1 unspecified atom stereocenters. The number of nitrogens with one attached hydrogen (secondary N) is 2. The maximum atomic E-state index is 13.3. The second-order valence-corrected chi connectivity index (χ2v) is 8.17. The quantitative estimate of drug-likeness (QED) is 0.411. The summed E-state index contributed by atoms with van der Waals surface area (Å²) in [5.41, 5.74) is 2.02. The van der Waals surface area contributed by atoms with Crippen LogP contribution < -0.4 is 10.9 Å². The smallest absolute Gasteiger partial charge is 0.408 e. The van der Waals surface area contributed by atoms with Gasteiger partial charge in [0.15, 0.2) is 0 Å². The maximum Gasteiger partial charge on any atom is 0.408 e. The second kappa shape index (κ2) is 11.1. The average Bonchev–Trinajstić information content (AvgIpc) is 2.88. The highest BCUT2D eigenvalue weighted by Gasteiger charge is 2.25. The molecule has 8 nitrogen and oxygen atoms in total. The van der Waals surface area contributed by atoms with Crippen LogP contribution >= 0.6 is 0 Å². The molecular weight excluding hydrogens is 444 g/mol. The van der Waals surface area contributed by atoms with Gasteiger partial charge in [0, 0.05) is 13.5 Å². The Morgan fingerprint density at radius 1 is 0.943 bits per heavy atom. The van der Waals surface area contributed by atoms with Crippen LogP contribution in [0.4, 0.5) is 4.79 Å². The maximum absolute atomic E-state index is 13.3. The van der Waals surface area contributed by atoms with Crippen molar-refractivity contribution in [1.82, 2.24) is 20.2 Å². The Kier molecular flexibility index (Phi) is 7.52. The number of carbonyl (C=O) groups excluding carboxylic acids is 2. The third kappa shape index (κ3) is 6.32. The highest BCUT2D eigenvalue weighted by atomic mass is 16.5. The van der Waals surface area contributed by atoms with Crippen molar-refractivity contribution in [3.05, 3.63) is 112 Å². The molecule has 0 radical (unpaired) electrons. The van der Waals surface area contributed by atoms with E-state index in [1.54, 1.807) is 31.3 Å². The molecule has 3 aromatic carbocycles. The molecule has 0 aliphatic heterocycles. The molecule has 1 heterocycles. The molecule has 0 spiro atoms. The number of fused-ring (bicyclic) bond motifs is 1. The van der Waals surface area contributed by atoms with Crippen molar-refractivity contribution >= 4 is 22.9 Å². The molecule has 178 valence electrons. The molecule has 0 bridgehead atoms. The van der Waals surface area contributed by atoms with E-state index < -0.39 is 12.1 Å². The molecule has 0 aliphatic carbocycles. The number of para-hydroxylation sites is 1. The van der Waals surface area contributed by atoms with E-state index in [2.05, 4.69) is 15.3 Å². The standard InChI is InChI=1S/C27H26N4O4/c1-31(17-24-28-22-15-9-8-14-21(22)25(32)30-24)26(33)23(16-19-10-4-2-5-11-19)29-27(34)35-18-20-12-6-3-7-13-20/h2-15,23H,16-18H2,1H3,(H,29,34)(H,28,30,32). The summed E-state index contributed by atoms with van der Waals surface area (Å²) in [5, 5.41) is 3.18. The van der Waals surface area contributed by atoms with Gasteiger partial charge in [0.1, 0.15) is 18.5 Å². The summed E-state index contributed by atoms with van der Waals surface area (Å²) in [5.74, 6) is 0.0241. The fourth-order valence-corrected chi connectivity index (χ4v) is 3.74. The number of rotatable bonds is 8. The minimum atomic E-state index is -0.863. The van der Waals surface area contributed by atoms with E-state index in [0.29, 0.717) is 16.7 Å². The highest BCUT2D eigenvalue weighted by Crippen LogP contribution is 2.10. The van der Waals surface area contributed by atoms with E-state index in [1.165, 1.54) is 4.90 Å². The molecule has 4 rings (SSSR count). The number of nitrogens with zero attached hydrogens (tertiary/aromatic N) is 2. The van der Waals surface area contributed by atoms with E-state index >= 15 is 0 Å². The zero-order chi connectivity index (χ0) is 24.6. The third-order valence-electron chi connectivity index (χ3n) is 5.51. The lowest BCUT2D eigenvalue weighted by Gasteiger charge is -2.24. The number of H-pyrrole nitrogens is 1. The first-order chi connectivity index (χ1) is 17.0. The first-order valence-electron chi connectivity index (χ1n) is 11.2. The fraction of sp³-hybridized carbons (Fsp3) is 0.185. The van der Waals surface area contributed by atoms with Crippen molar-refractivity contribution in [1.29, 1.82) is 0 Å². The Balaban J connectivity index is 1.47. The van der Waals surface area contributed by atoms with Crippen LogP contribution in [0, 0.1) is 0 Å². The molecular formula is C27H26N4O4. The molecule has 4 aromatic rings. The summed E-state index contributed by atoms with van der Waals surface area (Å²) in [7, 11) is 1.60. The monoisotopic (exact) mass is 470 g/mol. The van der Waals surface area contributed by atoms with Gasteiger partial charge in [0.25, 0.3) is 5.56 Å². The first-order valence-corrected chi connectivity index (χ1v) is 11.2. The lowest BCUT2D eigenvalue weighted by atomic mass is 10.0. The second-order valence-electron chi connectivity index (χ2n) is 8.17.